The van der Waals surface area contributed by atoms with Crippen LogP contribution in [-0.2, 0) is 6.54 Å². The molecule has 2 aromatic heterocycles. The molecule has 42 heavy (non-hydrogen) atoms. The number of benzene rings is 2. The number of carbonyl (C=O) groups excluding carboxylic acids is 1. The number of rotatable bonds is 5. The van der Waals surface area contributed by atoms with Gasteiger partial charge in [0.15, 0.2) is 11.6 Å². The number of halogens is 6. The maximum atomic E-state index is 16.2. The molecular formula is C27H20F6N6O3. The monoisotopic (exact) mass is 590 g/mol. The van der Waals surface area contributed by atoms with Crippen molar-refractivity contribution in [1.29, 1.82) is 0 Å². The van der Waals surface area contributed by atoms with Gasteiger partial charge in [-0.25, -0.2) is 19.3 Å². The van der Waals surface area contributed by atoms with Gasteiger partial charge in [-0.15, -0.1) is 0 Å². The number of para-hydroxylation sites is 2. The molecular weight excluding hydrogens is 570 g/mol. The highest BCUT2D eigenvalue weighted by molar-refractivity contribution is 6.00. The van der Waals surface area contributed by atoms with Crippen molar-refractivity contribution in [2.45, 2.75) is 50.0 Å². The Morgan fingerprint density at radius 3 is 2.69 bits per heavy atom. The van der Waals surface area contributed by atoms with Gasteiger partial charge in [0.05, 0.1) is 41.5 Å². The highest BCUT2D eigenvalue weighted by atomic mass is 19.4. The van der Waals surface area contributed by atoms with Crippen LogP contribution in [-0.4, -0.2) is 66.9 Å². The fourth-order valence-corrected chi connectivity index (χ4v) is 6.23. The van der Waals surface area contributed by atoms with Crippen LogP contribution in [0.1, 0.15) is 46.1 Å². The summed E-state index contributed by atoms with van der Waals surface area (Å²) < 4.78 is 89.2. The molecule has 1 saturated heterocycles. The van der Waals surface area contributed by atoms with Gasteiger partial charge in [-0.05, 0) is 30.7 Å². The first kappa shape index (κ1) is 26.6. The van der Waals surface area contributed by atoms with E-state index in [0.29, 0.717) is 16.9 Å². The third-order valence-electron chi connectivity index (χ3n) is 7.90. The molecule has 3 aliphatic heterocycles. The number of aromatic nitrogens is 4. The Bertz CT molecular complexity index is 1740. The van der Waals surface area contributed by atoms with E-state index < -0.39 is 61.0 Å². The number of hydrogen-bond donors (Lipinski definition) is 2. The number of β-amino-alcohol motifs (C(OH)–C–C–N with tert-alkyl or cyclic N) is 1. The number of hydrogen-bond acceptors (Lipinski definition) is 7. The van der Waals surface area contributed by atoms with Gasteiger partial charge in [0.25, 0.3) is 5.91 Å². The molecule has 2 aromatic carbocycles. The quantitative estimate of drug-likeness (QED) is 0.337. The molecule has 5 heterocycles. The summed E-state index contributed by atoms with van der Waals surface area (Å²) in [7, 11) is 0. The normalized spacial score (nSPS) is 23.4. The number of nitrogens with one attached hydrogen (secondary N) is 1. The molecule has 0 radical (unpaired) electrons. The van der Waals surface area contributed by atoms with Crippen LogP contribution in [0.2, 0.25) is 0 Å². The minimum absolute atomic E-state index is 0.110. The Hall–Kier alpha value is -4.24. The van der Waals surface area contributed by atoms with Crippen LogP contribution in [0.15, 0.2) is 42.6 Å². The third kappa shape index (κ3) is 4.09. The van der Waals surface area contributed by atoms with E-state index >= 15 is 4.39 Å². The molecule has 0 spiro atoms. The van der Waals surface area contributed by atoms with Crippen LogP contribution >= 0.6 is 0 Å². The van der Waals surface area contributed by atoms with Crippen LogP contribution in [0.5, 0.6) is 5.75 Å². The number of imidazole rings is 1. The van der Waals surface area contributed by atoms with Gasteiger partial charge in [-0.1, -0.05) is 12.1 Å². The zero-order valence-corrected chi connectivity index (χ0v) is 21.3. The Morgan fingerprint density at radius 1 is 1.17 bits per heavy atom. The summed E-state index contributed by atoms with van der Waals surface area (Å²) in [6.45, 7) is -4.11. The van der Waals surface area contributed by atoms with Crippen molar-refractivity contribution in [3.05, 3.63) is 71.2 Å². The fraction of sp³-hybridized carbons (Fsp3) is 0.333. The molecule has 2 bridgehead atoms. The molecule has 9 nitrogen and oxygen atoms in total. The molecule has 3 aliphatic rings. The molecule has 0 saturated carbocycles. The van der Waals surface area contributed by atoms with Gasteiger partial charge >= 0.3 is 12.8 Å². The number of aliphatic hydroxyl groups excluding tert-OH is 1. The van der Waals surface area contributed by atoms with Crippen molar-refractivity contribution in [2.75, 3.05) is 6.54 Å². The highest BCUT2D eigenvalue weighted by Crippen LogP contribution is 2.49. The maximum absolute atomic E-state index is 16.2. The first-order chi connectivity index (χ1) is 20.0. The fourth-order valence-electron chi connectivity index (χ4n) is 6.23. The highest BCUT2D eigenvalue weighted by Gasteiger charge is 2.55. The lowest BCUT2D eigenvalue weighted by Gasteiger charge is -2.45. The molecule has 4 aromatic rings. The van der Waals surface area contributed by atoms with Crippen molar-refractivity contribution in [1.82, 2.24) is 29.7 Å². The lowest BCUT2D eigenvalue weighted by Crippen LogP contribution is -2.65. The summed E-state index contributed by atoms with van der Waals surface area (Å²) in [6.07, 6.45) is -4.82. The predicted octanol–water partition coefficient (Wildman–Crippen LogP) is 4.12. The summed E-state index contributed by atoms with van der Waals surface area (Å²) in [5.74, 6) is -2.34. The van der Waals surface area contributed by atoms with Gasteiger partial charge in [-0.3, -0.25) is 9.69 Å². The van der Waals surface area contributed by atoms with Crippen molar-refractivity contribution >= 4 is 16.9 Å². The summed E-state index contributed by atoms with van der Waals surface area (Å²) >= 11 is 0. The summed E-state index contributed by atoms with van der Waals surface area (Å²) in [5, 5.41) is 12.5. The Balaban J connectivity index is 1.40. The van der Waals surface area contributed by atoms with E-state index in [4.69, 9.17) is 0 Å². The first-order valence-corrected chi connectivity index (χ1v) is 12.9. The molecule has 1 fully saturated rings. The van der Waals surface area contributed by atoms with Crippen LogP contribution in [0.4, 0.5) is 26.3 Å². The second-order valence-electron chi connectivity index (χ2n) is 10.4. The van der Waals surface area contributed by atoms with Gasteiger partial charge in [0, 0.05) is 29.4 Å². The standard InChI is InChI=1S/C27H20F6N6O3/c28-22-18(42-26(29)30)7-11-20(16-8-14(37-25(11)41)24-36-12-3-1-2-4-15(12)39(16)24)21(22)13-5-6-34-19(35-13)10-38-9-17(40)23(38)27(31,32)33/h1-7,14,16-17,23,26,40H,8-10H2,(H,37,41)/t14-,16-,17?,23?/m1/s1. The van der Waals surface area contributed by atoms with Crippen molar-refractivity contribution < 1.29 is 41.0 Å². The minimum Gasteiger partial charge on any atom is -0.432 e. The van der Waals surface area contributed by atoms with Gasteiger partial charge < -0.3 is 19.7 Å². The molecule has 1 amide bonds. The lowest BCUT2D eigenvalue weighted by atomic mass is 9.90. The van der Waals surface area contributed by atoms with E-state index in [1.165, 1.54) is 12.3 Å². The van der Waals surface area contributed by atoms with E-state index in [-0.39, 0.29) is 41.2 Å². The number of fused-ring (bicyclic) bond motifs is 9. The second-order valence-corrected chi connectivity index (χ2v) is 10.4. The number of nitrogens with zero attached hydrogens (tertiary/aromatic N) is 5. The Labute approximate surface area is 232 Å². The average molecular weight is 590 g/mol. The summed E-state index contributed by atoms with van der Waals surface area (Å²) in [5.41, 5.74) is 0.935. The number of carbonyl (C=O) groups is 1. The average Bonchev–Trinajstić information content (AvgIpc) is 3.41. The van der Waals surface area contributed by atoms with E-state index in [2.05, 4.69) is 25.0 Å². The third-order valence-corrected chi connectivity index (χ3v) is 7.90. The predicted molar refractivity (Wildman–Crippen MR) is 133 cm³/mol. The van der Waals surface area contributed by atoms with Gasteiger partial charge in [-0.2, -0.15) is 22.0 Å². The molecule has 4 atom stereocenters. The summed E-state index contributed by atoms with van der Waals surface area (Å²) in [6, 6.07) is 6.05. The Kier molecular flexibility index (Phi) is 5.96. The van der Waals surface area contributed by atoms with Crippen LogP contribution in [0.3, 0.4) is 0 Å². The van der Waals surface area contributed by atoms with E-state index in [1.54, 1.807) is 18.2 Å². The molecule has 2 N–H and O–H groups in total. The smallest absolute Gasteiger partial charge is 0.406 e. The Morgan fingerprint density at radius 2 is 1.95 bits per heavy atom. The number of alkyl halides is 5. The number of ether oxygens (including phenoxy) is 1. The number of likely N-dealkylation sites (tertiary alicyclic amines) is 1. The molecule has 15 heteroatoms. The molecule has 0 aliphatic carbocycles. The van der Waals surface area contributed by atoms with Crippen molar-refractivity contribution in [2.24, 2.45) is 0 Å². The SMILES string of the molecule is O=C1N[C@@H]2C[C@H](c3c1cc(OC(F)F)c(F)c3-c1ccnc(CN3CC(O)C3C(F)(F)F)n1)n1c2nc2ccccc21. The largest absolute Gasteiger partial charge is 0.432 e. The lowest BCUT2D eigenvalue weighted by molar-refractivity contribution is -0.250. The van der Waals surface area contributed by atoms with Gasteiger partial charge in [0.1, 0.15) is 17.7 Å². The van der Waals surface area contributed by atoms with E-state index in [0.717, 1.165) is 11.0 Å². The maximum Gasteiger partial charge on any atom is 0.406 e. The molecule has 218 valence electrons. The van der Waals surface area contributed by atoms with Crippen LogP contribution < -0.4 is 10.1 Å². The van der Waals surface area contributed by atoms with Crippen LogP contribution in [0, 0.1) is 5.82 Å². The summed E-state index contributed by atoms with van der Waals surface area (Å²) in [4.78, 5) is 27.3. The number of amides is 1. The van der Waals surface area contributed by atoms with E-state index in [9.17, 15) is 31.9 Å². The molecule has 2 unspecified atom stereocenters. The van der Waals surface area contributed by atoms with Crippen molar-refractivity contribution in [3.8, 4) is 17.0 Å². The first-order valence-electron chi connectivity index (χ1n) is 12.9. The van der Waals surface area contributed by atoms with Gasteiger partial charge in [0.2, 0.25) is 0 Å². The zero-order chi connectivity index (χ0) is 29.5. The molecule has 7 rings (SSSR count). The topological polar surface area (TPSA) is 105 Å². The second kappa shape index (κ2) is 9.39. The number of aliphatic hydroxyl groups is 1. The van der Waals surface area contributed by atoms with Crippen LogP contribution in [0.25, 0.3) is 22.3 Å². The minimum atomic E-state index is -4.70. The van der Waals surface area contributed by atoms with Crippen molar-refractivity contribution in [3.63, 3.8) is 0 Å². The zero-order valence-electron chi connectivity index (χ0n) is 21.3. The van der Waals surface area contributed by atoms with E-state index in [1.807, 2.05) is 10.6 Å².